The molecule has 0 aromatic rings. The molecule has 0 heterocycles. The monoisotopic (exact) mass is 261 g/mol. The maximum absolute atomic E-state index is 5.25. The minimum absolute atomic E-state index is 0.407. The first-order valence-electron chi connectivity index (χ1n) is 6.33. The Morgan fingerprint density at radius 3 is 2.71 bits per heavy atom. The van der Waals surface area contributed by atoms with Crippen LogP contribution in [0.2, 0.25) is 0 Å². The number of ether oxygens (including phenoxy) is 1. The Hall–Kier alpha value is -0.390. The normalized spacial score (nSPS) is 12.5. The van der Waals surface area contributed by atoms with Crippen LogP contribution in [0, 0.1) is 0 Å². The maximum atomic E-state index is 5.25. The molecule has 4 nitrogen and oxygen atoms in total. The van der Waals surface area contributed by atoms with Gasteiger partial charge in [0.25, 0.3) is 0 Å². The molecule has 0 aromatic heterocycles. The van der Waals surface area contributed by atoms with Crippen molar-refractivity contribution in [1.29, 1.82) is 0 Å². The van der Waals surface area contributed by atoms with Crippen molar-refractivity contribution in [2.45, 2.75) is 32.7 Å². The van der Waals surface area contributed by atoms with E-state index in [1.54, 1.807) is 0 Å². The fourth-order valence-electron chi connectivity index (χ4n) is 1.32. The van der Waals surface area contributed by atoms with Gasteiger partial charge in [0.1, 0.15) is 0 Å². The van der Waals surface area contributed by atoms with Gasteiger partial charge in [-0.1, -0.05) is 0 Å². The molecular weight excluding hydrogens is 234 g/mol. The van der Waals surface area contributed by atoms with Crippen molar-refractivity contribution >= 4 is 17.3 Å². The average molecular weight is 261 g/mol. The van der Waals surface area contributed by atoms with E-state index in [-0.39, 0.29) is 0 Å². The van der Waals surface area contributed by atoms with Gasteiger partial charge < -0.3 is 20.3 Å². The summed E-state index contributed by atoms with van der Waals surface area (Å²) in [5, 5.41) is 7.21. The fourth-order valence-corrected chi connectivity index (χ4v) is 1.62. The molecule has 0 amide bonds. The molecule has 17 heavy (non-hydrogen) atoms. The number of rotatable bonds is 9. The maximum Gasteiger partial charge on any atom is 0.166 e. The van der Waals surface area contributed by atoms with Crippen molar-refractivity contribution in [3.8, 4) is 0 Å². The zero-order valence-electron chi connectivity index (χ0n) is 11.6. The van der Waals surface area contributed by atoms with E-state index >= 15 is 0 Å². The highest BCUT2D eigenvalue weighted by atomic mass is 32.1. The Bertz CT molecular complexity index is 200. The van der Waals surface area contributed by atoms with Crippen LogP contribution in [0.25, 0.3) is 0 Å². The van der Waals surface area contributed by atoms with Crippen LogP contribution in [0.5, 0.6) is 0 Å². The quantitative estimate of drug-likeness (QED) is 0.482. The molecule has 0 aliphatic rings. The van der Waals surface area contributed by atoms with E-state index in [1.165, 1.54) is 0 Å². The summed E-state index contributed by atoms with van der Waals surface area (Å²) >= 11 is 5.21. The third-order valence-electron chi connectivity index (χ3n) is 2.34. The lowest BCUT2D eigenvalue weighted by Gasteiger charge is -2.18. The SMILES string of the molecule is CCOCCCNC(=S)NC(C)CCN(C)C. The molecule has 2 N–H and O–H groups in total. The zero-order chi connectivity index (χ0) is 13.1. The van der Waals surface area contributed by atoms with Gasteiger partial charge in [0.2, 0.25) is 0 Å². The van der Waals surface area contributed by atoms with Crippen LogP contribution in [0.15, 0.2) is 0 Å². The lowest BCUT2D eigenvalue weighted by Crippen LogP contribution is -2.42. The van der Waals surface area contributed by atoms with E-state index in [9.17, 15) is 0 Å². The number of nitrogens with one attached hydrogen (secondary N) is 2. The molecule has 0 aromatic carbocycles. The van der Waals surface area contributed by atoms with Crippen molar-refractivity contribution in [1.82, 2.24) is 15.5 Å². The molecule has 0 aliphatic carbocycles. The number of nitrogens with zero attached hydrogens (tertiary/aromatic N) is 1. The second kappa shape index (κ2) is 10.7. The average Bonchev–Trinajstić information content (AvgIpc) is 2.26. The zero-order valence-corrected chi connectivity index (χ0v) is 12.4. The third-order valence-corrected chi connectivity index (χ3v) is 2.60. The first-order valence-corrected chi connectivity index (χ1v) is 6.74. The van der Waals surface area contributed by atoms with Gasteiger partial charge in [0, 0.05) is 25.8 Å². The van der Waals surface area contributed by atoms with Gasteiger partial charge in [-0.25, -0.2) is 0 Å². The molecule has 0 bridgehead atoms. The first kappa shape index (κ1) is 16.6. The van der Waals surface area contributed by atoms with Gasteiger partial charge in [-0.05, 0) is 59.5 Å². The number of hydrogen-bond acceptors (Lipinski definition) is 3. The summed E-state index contributed by atoms with van der Waals surface area (Å²) in [4.78, 5) is 2.18. The van der Waals surface area contributed by atoms with Crippen molar-refractivity contribution in [2.75, 3.05) is 40.4 Å². The number of thiocarbonyl (C=S) groups is 1. The molecule has 1 unspecified atom stereocenters. The Balaban J connectivity index is 3.44. The Morgan fingerprint density at radius 1 is 1.41 bits per heavy atom. The van der Waals surface area contributed by atoms with E-state index in [4.69, 9.17) is 17.0 Å². The summed E-state index contributed by atoms with van der Waals surface area (Å²) in [5.41, 5.74) is 0. The highest BCUT2D eigenvalue weighted by molar-refractivity contribution is 7.80. The molecule has 0 spiro atoms. The van der Waals surface area contributed by atoms with Crippen molar-refractivity contribution in [2.24, 2.45) is 0 Å². The predicted octanol–water partition coefficient (Wildman–Crippen LogP) is 1.22. The summed E-state index contributed by atoms with van der Waals surface area (Å²) in [6.45, 7) is 7.67. The molecule has 5 heteroatoms. The second-order valence-electron chi connectivity index (χ2n) is 4.44. The Kier molecular flexibility index (Phi) is 10.5. The molecule has 0 saturated heterocycles. The van der Waals surface area contributed by atoms with E-state index < -0.39 is 0 Å². The third kappa shape index (κ3) is 11.9. The van der Waals surface area contributed by atoms with Crippen LogP contribution in [0.4, 0.5) is 0 Å². The van der Waals surface area contributed by atoms with Crippen LogP contribution < -0.4 is 10.6 Å². The molecule has 0 radical (unpaired) electrons. The first-order chi connectivity index (χ1) is 8.06. The molecule has 1 atom stereocenters. The molecule has 0 aliphatic heterocycles. The van der Waals surface area contributed by atoms with Crippen LogP contribution in [-0.4, -0.2) is 56.5 Å². The summed E-state index contributed by atoms with van der Waals surface area (Å²) in [6.07, 6.45) is 2.08. The smallest absolute Gasteiger partial charge is 0.166 e. The Labute approximate surface area is 111 Å². The van der Waals surface area contributed by atoms with Gasteiger partial charge in [-0.2, -0.15) is 0 Å². The minimum Gasteiger partial charge on any atom is -0.382 e. The van der Waals surface area contributed by atoms with Crippen LogP contribution in [0.1, 0.15) is 26.7 Å². The summed E-state index contributed by atoms with van der Waals surface area (Å²) in [7, 11) is 4.16. The highest BCUT2D eigenvalue weighted by Crippen LogP contribution is 1.92. The standard InChI is InChI=1S/C12H27N3OS/c1-5-16-10-6-8-13-12(17)14-11(2)7-9-15(3)4/h11H,5-10H2,1-4H3,(H2,13,14,17). The second-order valence-corrected chi connectivity index (χ2v) is 4.85. The lowest BCUT2D eigenvalue weighted by atomic mass is 10.2. The van der Waals surface area contributed by atoms with Gasteiger partial charge >= 0.3 is 0 Å². The lowest BCUT2D eigenvalue weighted by molar-refractivity contribution is 0.145. The summed E-state index contributed by atoms with van der Waals surface area (Å²) in [5.74, 6) is 0. The number of hydrogen-bond donors (Lipinski definition) is 2. The Morgan fingerprint density at radius 2 is 2.12 bits per heavy atom. The van der Waals surface area contributed by atoms with Crippen LogP contribution in [-0.2, 0) is 4.74 Å². The van der Waals surface area contributed by atoms with Crippen LogP contribution in [0.3, 0.4) is 0 Å². The van der Waals surface area contributed by atoms with Crippen molar-refractivity contribution < 1.29 is 4.74 Å². The van der Waals surface area contributed by atoms with Gasteiger partial charge in [0.15, 0.2) is 5.11 Å². The van der Waals surface area contributed by atoms with E-state index in [0.29, 0.717) is 6.04 Å². The molecule has 0 saturated carbocycles. The molecule has 0 fully saturated rings. The van der Waals surface area contributed by atoms with Crippen LogP contribution >= 0.6 is 12.2 Å². The van der Waals surface area contributed by atoms with Gasteiger partial charge in [0.05, 0.1) is 0 Å². The molecule has 102 valence electrons. The molecular formula is C12H27N3OS. The van der Waals surface area contributed by atoms with E-state index in [1.807, 2.05) is 6.92 Å². The van der Waals surface area contributed by atoms with E-state index in [0.717, 1.165) is 44.3 Å². The summed E-state index contributed by atoms with van der Waals surface area (Å²) in [6, 6.07) is 0.407. The fraction of sp³-hybridized carbons (Fsp3) is 0.917. The molecule has 0 rings (SSSR count). The van der Waals surface area contributed by atoms with Gasteiger partial charge in [-0.3, -0.25) is 0 Å². The van der Waals surface area contributed by atoms with E-state index in [2.05, 4.69) is 36.6 Å². The minimum atomic E-state index is 0.407. The van der Waals surface area contributed by atoms with Gasteiger partial charge in [-0.15, -0.1) is 0 Å². The largest absolute Gasteiger partial charge is 0.382 e. The predicted molar refractivity (Wildman–Crippen MR) is 77.5 cm³/mol. The summed E-state index contributed by atoms with van der Waals surface area (Å²) < 4.78 is 5.25. The van der Waals surface area contributed by atoms with Crippen molar-refractivity contribution in [3.63, 3.8) is 0 Å². The highest BCUT2D eigenvalue weighted by Gasteiger charge is 2.03. The van der Waals surface area contributed by atoms with Crippen molar-refractivity contribution in [3.05, 3.63) is 0 Å². The topological polar surface area (TPSA) is 36.5 Å².